The third-order valence-corrected chi connectivity index (χ3v) is 4.17. The zero-order valence-electron chi connectivity index (χ0n) is 14.5. The van der Waals surface area contributed by atoms with Gasteiger partial charge in [-0.25, -0.2) is 0 Å². The Morgan fingerprint density at radius 3 is 2.17 bits per heavy atom. The van der Waals surface area contributed by atoms with Crippen molar-refractivity contribution in [2.45, 2.75) is 27.7 Å². The number of hydrogen-bond acceptors (Lipinski definition) is 1. The summed E-state index contributed by atoms with van der Waals surface area (Å²) in [5.74, 6) is 0. The molecular weight excluding hydrogens is 294 g/mol. The number of benzene rings is 2. The molecule has 0 saturated carbocycles. The van der Waals surface area contributed by atoms with Crippen molar-refractivity contribution in [3.8, 4) is 6.07 Å². The lowest BCUT2D eigenvalue weighted by Crippen LogP contribution is -1.74. The Bertz CT molecular complexity index is 1060. The standard InChI is InChI=1S/C11H10N2.C10H11N/c1-7-3-4-9-10(6-12)8(2)13-11(9)5-7;1-7-3-4-9-6-8(2)11-10(9)5-7/h3-5,13H,1-2H3;3-6,11H,1-2H3. The second-order valence-corrected chi connectivity index (χ2v) is 6.33. The van der Waals surface area contributed by atoms with E-state index in [1.54, 1.807) is 0 Å². The van der Waals surface area contributed by atoms with E-state index in [9.17, 15) is 0 Å². The number of nitriles is 1. The molecule has 2 aromatic carbocycles. The predicted octanol–water partition coefficient (Wildman–Crippen LogP) is 5.44. The third kappa shape index (κ3) is 3.04. The number of aromatic amines is 2. The van der Waals surface area contributed by atoms with E-state index >= 15 is 0 Å². The molecule has 0 aliphatic carbocycles. The number of nitrogens with zero attached hydrogens (tertiary/aromatic N) is 1. The first-order valence-electron chi connectivity index (χ1n) is 8.03. The number of aromatic nitrogens is 2. The van der Waals surface area contributed by atoms with E-state index in [4.69, 9.17) is 5.26 Å². The van der Waals surface area contributed by atoms with Crippen LogP contribution in [0.15, 0.2) is 42.5 Å². The van der Waals surface area contributed by atoms with Crippen molar-refractivity contribution in [2.75, 3.05) is 0 Å². The maximum atomic E-state index is 8.90. The second kappa shape index (κ2) is 6.25. The van der Waals surface area contributed by atoms with Gasteiger partial charge in [-0.05, 0) is 62.4 Å². The summed E-state index contributed by atoms with van der Waals surface area (Å²) in [6.45, 7) is 8.15. The Hall–Kier alpha value is -2.99. The van der Waals surface area contributed by atoms with Gasteiger partial charge in [0, 0.05) is 27.8 Å². The van der Waals surface area contributed by atoms with Crippen LogP contribution < -0.4 is 0 Å². The van der Waals surface area contributed by atoms with Gasteiger partial charge in [0.2, 0.25) is 0 Å². The molecule has 4 aromatic rings. The number of hydrogen-bond donors (Lipinski definition) is 2. The molecule has 0 fully saturated rings. The van der Waals surface area contributed by atoms with Crippen LogP contribution in [0.4, 0.5) is 0 Å². The fourth-order valence-electron chi connectivity index (χ4n) is 2.98. The first kappa shape index (κ1) is 15.9. The lowest BCUT2D eigenvalue weighted by molar-refractivity contribution is 1.28. The molecule has 0 spiro atoms. The van der Waals surface area contributed by atoms with Crippen LogP contribution in [0.5, 0.6) is 0 Å². The summed E-state index contributed by atoms with van der Waals surface area (Å²) in [4.78, 5) is 6.50. The molecule has 0 aliphatic heterocycles. The van der Waals surface area contributed by atoms with Crippen LogP contribution in [0.25, 0.3) is 21.8 Å². The minimum Gasteiger partial charge on any atom is -0.359 e. The number of rotatable bonds is 0. The highest BCUT2D eigenvalue weighted by atomic mass is 14.7. The van der Waals surface area contributed by atoms with Gasteiger partial charge < -0.3 is 9.97 Å². The lowest BCUT2D eigenvalue weighted by atomic mass is 10.1. The van der Waals surface area contributed by atoms with Crippen molar-refractivity contribution >= 4 is 21.8 Å². The fourth-order valence-corrected chi connectivity index (χ4v) is 2.98. The topological polar surface area (TPSA) is 55.4 Å². The highest BCUT2D eigenvalue weighted by molar-refractivity contribution is 5.87. The van der Waals surface area contributed by atoms with Crippen molar-refractivity contribution in [2.24, 2.45) is 0 Å². The molecule has 2 N–H and O–H groups in total. The summed E-state index contributed by atoms with van der Waals surface area (Å²) in [6.07, 6.45) is 0. The molecular formula is C21H21N3. The van der Waals surface area contributed by atoms with Crippen molar-refractivity contribution < 1.29 is 0 Å². The second-order valence-electron chi connectivity index (χ2n) is 6.33. The van der Waals surface area contributed by atoms with Gasteiger partial charge in [-0.15, -0.1) is 0 Å². The van der Waals surface area contributed by atoms with Crippen LogP contribution in [0, 0.1) is 39.0 Å². The molecule has 3 heteroatoms. The summed E-state index contributed by atoms with van der Waals surface area (Å²) in [5, 5.41) is 11.2. The van der Waals surface area contributed by atoms with E-state index in [0.29, 0.717) is 0 Å². The van der Waals surface area contributed by atoms with Crippen molar-refractivity contribution in [1.82, 2.24) is 9.97 Å². The SMILES string of the molecule is Cc1ccc2c(C#N)c(C)[nH]c2c1.Cc1ccc2cc(C)[nH]c2c1. The Balaban J connectivity index is 0.000000143. The highest BCUT2D eigenvalue weighted by Crippen LogP contribution is 2.21. The number of aryl methyl sites for hydroxylation is 4. The summed E-state index contributed by atoms with van der Waals surface area (Å²) < 4.78 is 0. The molecule has 24 heavy (non-hydrogen) atoms. The molecule has 0 bridgehead atoms. The largest absolute Gasteiger partial charge is 0.359 e. The van der Waals surface area contributed by atoms with Gasteiger partial charge >= 0.3 is 0 Å². The van der Waals surface area contributed by atoms with E-state index in [-0.39, 0.29) is 0 Å². The molecule has 2 heterocycles. The predicted molar refractivity (Wildman–Crippen MR) is 100 cm³/mol. The van der Waals surface area contributed by atoms with E-state index in [0.717, 1.165) is 22.2 Å². The quantitative estimate of drug-likeness (QED) is 0.446. The molecule has 0 unspecified atom stereocenters. The van der Waals surface area contributed by atoms with Crippen LogP contribution in [-0.2, 0) is 0 Å². The molecule has 0 saturated heterocycles. The van der Waals surface area contributed by atoms with Crippen LogP contribution in [-0.4, -0.2) is 9.97 Å². The maximum Gasteiger partial charge on any atom is 0.102 e. The normalized spacial score (nSPS) is 10.5. The molecule has 0 amide bonds. The van der Waals surface area contributed by atoms with Gasteiger partial charge in [0.05, 0.1) is 5.56 Å². The summed E-state index contributed by atoms with van der Waals surface area (Å²) in [7, 11) is 0. The Labute approximate surface area is 141 Å². The Morgan fingerprint density at radius 2 is 1.46 bits per heavy atom. The smallest absolute Gasteiger partial charge is 0.102 e. The monoisotopic (exact) mass is 315 g/mol. The van der Waals surface area contributed by atoms with Crippen LogP contribution in [0.3, 0.4) is 0 Å². The van der Waals surface area contributed by atoms with Gasteiger partial charge in [0.1, 0.15) is 6.07 Å². The average Bonchev–Trinajstić information content (AvgIpc) is 3.04. The maximum absolute atomic E-state index is 8.90. The number of nitrogens with one attached hydrogen (secondary N) is 2. The molecule has 2 aromatic heterocycles. The minimum absolute atomic E-state index is 0.759. The molecule has 0 radical (unpaired) electrons. The first-order valence-corrected chi connectivity index (χ1v) is 8.03. The Kier molecular flexibility index (Phi) is 4.14. The van der Waals surface area contributed by atoms with Crippen molar-refractivity contribution in [3.63, 3.8) is 0 Å². The van der Waals surface area contributed by atoms with Crippen LogP contribution in [0.1, 0.15) is 28.1 Å². The van der Waals surface area contributed by atoms with E-state index in [1.165, 1.54) is 27.7 Å². The van der Waals surface area contributed by atoms with Gasteiger partial charge in [-0.1, -0.05) is 24.3 Å². The minimum atomic E-state index is 0.759. The van der Waals surface area contributed by atoms with E-state index in [1.807, 2.05) is 26.0 Å². The van der Waals surface area contributed by atoms with Gasteiger partial charge in [0.15, 0.2) is 0 Å². The summed E-state index contributed by atoms with van der Waals surface area (Å²) >= 11 is 0. The van der Waals surface area contributed by atoms with Gasteiger partial charge in [-0.3, -0.25) is 0 Å². The first-order chi connectivity index (χ1) is 11.5. The molecule has 0 aliphatic rings. The van der Waals surface area contributed by atoms with Crippen molar-refractivity contribution in [3.05, 3.63) is 70.5 Å². The average molecular weight is 315 g/mol. The molecule has 120 valence electrons. The van der Waals surface area contributed by atoms with Crippen LogP contribution >= 0.6 is 0 Å². The van der Waals surface area contributed by atoms with Crippen LogP contribution in [0.2, 0.25) is 0 Å². The van der Waals surface area contributed by atoms with Gasteiger partial charge in [0.25, 0.3) is 0 Å². The number of H-pyrrole nitrogens is 2. The molecule has 0 atom stereocenters. The zero-order chi connectivity index (χ0) is 17.3. The summed E-state index contributed by atoms with van der Waals surface area (Å²) in [6, 6.07) is 16.9. The van der Waals surface area contributed by atoms with Gasteiger partial charge in [-0.2, -0.15) is 5.26 Å². The van der Waals surface area contributed by atoms with Crippen molar-refractivity contribution in [1.29, 1.82) is 5.26 Å². The Morgan fingerprint density at radius 1 is 0.792 bits per heavy atom. The zero-order valence-corrected chi connectivity index (χ0v) is 14.5. The van der Waals surface area contributed by atoms with E-state index < -0.39 is 0 Å². The molecule has 3 nitrogen and oxygen atoms in total. The number of fused-ring (bicyclic) bond motifs is 2. The third-order valence-electron chi connectivity index (χ3n) is 4.17. The van der Waals surface area contributed by atoms with E-state index in [2.05, 4.69) is 60.2 Å². The lowest BCUT2D eigenvalue weighted by Gasteiger charge is -1.91. The summed E-state index contributed by atoms with van der Waals surface area (Å²) in [5.41, 5.74) is 7.73. The molecule has 4 rings (SSSR count). The highest BCUT2D eigenvalue weighted by Gasteiger charge is 2.06. The fraction of sp³-hybridized carbons (Fsp3) is 0.190.